The molecule has 0 aliphatic heterocycles. The highest BCUT2D eigenvalue weighted by Gasteiger charge is 2.19. The van der Waals surface area contributed by atoms with Crippen molar-refractivity contribution in [2.24, 2.45) is 0 Å². The van der Waals surface area contributed by atoms with E-state index in [0.29, 0.717) is 33.4 Å². The van der Waals surface area contributed by atoms with Crippen LogP contribution in [0.3, 0.4) is 0 Å². The van der Waals surface area contributed by atoms with Crippen LogP contribution in [0.4, 0.5) is 20.4 Å². The van der Waals surface area contributed by atoms with Gasteiger partial charge in [-0.1, -0.05) is 23.8 Å². The lowest BCUT2D eigenvalue weighted by atomic mass is 9.99. The van der Waals surface area contributed by atoms with Gasteiger partial charge in [0.2, 0.25) is 0 Å². The van der Waals surface area contributed by atoms with Gasteiger partial charge in [0.15, 0.2) is 10.9 Å². The molecule has 0 aliphatic carbocycles. The van der Waals surface area contributed by atoms with Crippen molar-refractivity contribution in [3.8, 4) is 5.75 Å². The highest BCUT2D eigenvalue weighted by Crippen LogP contribution is 2.26. The third-order valence-corrected chi connectivity index (χ3v) is 5.02. The predicted molar refractivity (Wildman–Crippen MR) is 117 cm³/mol. The number of rotatable bonds is 7. The first-order valence-corrected chi connectivity index (χ1v) is 10.0. The van der Waals surface area contributed by atoms with Crippen LogP contribution in [0.1, 0.15) is 27.2 Å². The molecule has 0 atom stereocenters. The van der Waals surface area contributed by atoms with E-state index in [4.69, 9.17) is 9.84 Å². The summed E-state index contributed by atoms with van der Waals surface area (Å²) in [4.78, 5) is 40.3. The average molecular weight is 440 g/mol. The maximum atomic E-state index is 13.2. The highest BCUT2D eigenvalue weighted by molar-refractivity contribution is 7.13. The summed E-state index contributed by atoms with van der Waals surface area (Å²) < 4.78 is 5.29. The number of thiazole rings is 1. The SMILES string of the molecule is COc1ccccc1C(=O)c1cc(C)ccc1NC(=O)Nc1nc(CNC(=O)O)cs1. The van der Waals surface area contributed by atoms with Crippen LogP contribution in [-0.2, 0) is 6.54 Å². The Hall–Kier alpha value is -3.92. The van der Waals surface area contributed by atoms with Crippen LogP contribution < -0.4 is 20.7 Å². The van der Waals surface area contributed by atoms with Gasteiger partial charge in [0.1, 0.15) is 5.75 Å². The second-order valence-corrected chi connectivity index (χ2v) is 7.32. The number of amides is 3. The fraction of sp³-hybridized carbons (Fsp3) is 0.143. The third-order valence-electron chi connectivity index (χ3n) is 4.21. The van der Waals surface area contributed by atoms with E-state index in [2.05, 4.69) is 20.9 Å². The molecule has 160 valence electrons. The smallest absolute Gasteiger partial charge is 0.404 e. The molecule has 0 saturated heterocycles. The van der Waals surface area contributed by atoms with Crippen molar-refractivity contribution >= 4 is 40.1 Å². The molecule has 10 heteroatoms. The number of nitrogens with one attached hydrogen (secondary N) is 3. The van der Waals surface area contributed by atoms with Crippen LogP contribution in [0.5, 0.6) is 5.75 Å². The summed E-state index contributed by atoms with van der Waals surface area (Å²) in [6, 6.07) is 11.4. The molecule has 1 aromatic heterocycles. The lowest BCUT2D eigenvalue weighted by molar-refractivity contribution is 0.103. The van der Waals surface area contributed by atoms with Crippen LogP contribution >= 0.6 is 11.3 Å². The Morgan fingerprint density at radius 1 is 1.10 bits per heavy atom. The molecule has 0 radical (unpaired) electrons. The molecule has 31 heavy (non-hydrogen) atoms. The Labute approximate surface area is 182 Å². The summed E-state index contributed by atoms with van der Waals surface area (Å²) in [6.45, 7) is 1.88. The number of hydrogen-bond acceptors (Lipinski definition) is 6. The van der Waals surface area contributed by atoms with E-state index in [0.717, 1.165) is 16.9 Å². The van der Waals surface area contributed by atoms with E-state index < -0.39 is 12.1 Å². The van der Waals surface area contributed by atoms with Crippen molar-refractivity contribution in [2.75, 3.05) is 17.7 Å². The van der Waals surface area contributed by atoms with Gasteiger partial charge in [-0.3, -0.25) is 10.1 Å². The van der Waals surface area contributed by atoms with Crippen molar-refractivity contribution in [1.29, 1.82) is 0 Å². The first-order valence-electron chi connectivity index (χ1n) is 9.15. The topological polar surface area (TPSA) is 130 Å². The van der Waals surface area contributed by atoms with Crippen LogP contribution in [-0.4, -0.2) is 35.1 Å². The summed E-state index contributed by atoms with van der Waals surface area (Å²) in [5.74, 6) is 0.155. The number of carboxylic acid groups (broad SMARTS) is 1. The van der Waals surface area contributed by atoms with Crippen molar-refractivity contribution in [3.05, 3.63) is 70.2 Å². The van der Waals surface area contributed by atoms with Crippen LogP contribution in [0.25, 0.3) is 0 Å². The zero-order valence-corrected chi connectivity index (χ0v) is 17.6. The van der Waals surface area contributed by atoms with Gasteiger partial charge in [-0.15, -0.1) is 11.3 Å². The van der Waals surface area contributed by atoms with E-state index in [1.54, 1.807) is 47.8 Å². The number of urea groups is 1. The minimum Gasteiger partial charge on any atom is -0.496 e. The number of carbonyl (C=O) groups is 3. The number of nitrogens with zero attached hydrogens (tertiary/aromatic N) is 1. The summed E-state index contributed by atoms with van der Waals surface area (Å²) >= 11 is 1.16. The second-order valence-electron chi connectivity index (χ2n) is 6.46. The number of benzene rings is 2. The Balaban J connectivity index is 1.77. The summed E-state index contributed by atoms with van der Waals surface area (Å²) in [5.41, 5.74) is 2.38. The Kier molecular flexibility index (Phi) is 6.83. The molecule has 3 amide bonds. The zero-order chi connectivity index (χ0) is 22.4. The van der Waals surface area contributed by atoms with Gasteiger partial charge >= 0.3 is 12.1 Å². The lowest BCUT2D eigenvalue weighted by Gasteiger charge is -2.13. The fourth-order valence-corrected chi connectivity index (χ4v) is 3.50. The van der Waals surface area contributed by atoms with E-state index in [1.165, 1.54) is 7.11 Å². The Bertz CT molecular complexity index is 1130. The number of ether oxygens (including phenoxy) is 1. The summed E-state index contributed by atoms with van der Waals surface area (Å²) in [6.07, 6.45) is -1.16. The molecule has 0 spiro atoms. The number of aromatic nitrogens is 1. The first kappa shape index (κ1) is 21.8. The summed E-state index contributed by atoms with van der Waals surface area (Å²) in [5, 5.41) is 18.0. The maximum Gasteiger partial charge on any atom is 0.404 e. The van der Waals surface area contributed by atoms with Crippen LogP contribution in [0.2, 0.25) is 0 Å². The quantitative estimate of drug-likeness (QED) is 0.409. The number of para-hydroxylation sites is 1. The highest BCUT2D eigenvalue weighted by atomic mass is 32.1. The van der Waals surface area contributed by atoms with E-state index in [-0.39, 0.29) is 12.3 Å². The normalized spacial score (nSPS) is 10.3. The van der Waals surface area contributed by atoms with Gasteiger partial charge in [0, 0.05) is 10.9 Å². The minimum atomic E-state index is -1.16. The molecule has 9 nitrogen and oxygen atoms in total. The van der Waals surface area contributed by atoms with Gasteiger partial charge < -0.3 is 20.5 Å². The number of methoxy groups -OCH3 is 1. The van der Waals surface area contributed by atoms with Gasteiger partial charge in [-0.25, -0.2) is 14.6 Å². The maximum absolute atomic E-state index is 13.2. The van der Waals surface area contributed by atoms with Crippen LogP contribution in [0.15, 0.2) is 47.8 Å². The average Bonchev–Trinajstić information content (AvgIpc) is 3.20. The van der Waals surface area contributed by atoms with E-state index in [9.17, 15) is 14.4 Å². The Morgan fingerprint density at radius 3 is 2.61 bits per heavy atom. The monoisotopic (exact) mass is 440 g/mol. The van der Waals surface area contributed by atoms with Crippen molar-refractivity contribution in [3.63, 3.8) is 0 Å². The van der Waals surface area contributed by atoms with E-state index in [1.807, 2.05) is 6.92 Å². The Morgan fingerprint density at radius 2 is 1.87 bits per heavy atom. The zero-order valence-electron chi connectivity index (χ0n) is 16.8. The van der Waals surface area contributed by atoms with E-state index >= 15 is 0 Å². The molecule has 0 saturated carbocycles. The van der Waals surface area contributed by atoms with Crippen molar-refractivity contribution in [1.82, 2.24) is 10.3 Å². The molecule has 1 heterocycles. The molecule has 0 fully saturated rings. The molecule has 0 aliphatic rings. The van der Waals surface area contributed by atoms with Crippen LogP contribution in [0, 0.1) is 6.92 Å². The molecule has 2 aromatic carbocycles. The summed E-state index contributed by atoms with van der Waals surface area (Å²) in [7, 11) is 1.49. The molecular formula is C21H20N4O5S. The molecular weight excluding hydrogens is 420 g/mol. The standard InChI is InChI=1S/C21H20N4O5S/c1-12-7-8-16(15(9-12)18(26)14-5-3-4-6-17(14)30-2)24-19(27)25-20-23-13(11-31-20)10-22-21(28)29/h3-9,11,22H,10H2,1-2H3,(H,28,29)(H2,23,24,25,27). The third kappa shape index (κ3) is 5.58. The fourth-order valence-electron chi connectivity index (χ4n) is 2.79. The number of carbonyl (C=O) groups excluding carboxylic acids is 2. The van der Waals surface area contributed by atoms with Gasteiger partial charge in [-0.05, 0) is 31.2 Å². The molecule has 0 bridgehead atoms. The second kappa shape index (κ2) is 9.72. The number of aryl methyl sites for hydroxylation is 1. The largest absolute Gasteiger partial charge is 0.496 e. The molecule has 0 unspecified atom stereocenters. The van der Waals surface area contributed by atoms with Crippen molar-refractivity contribution < 1.29 is 24.2 Å². The number of anilines is 2. The predicted octanol–water partition coefficient (Wildman–Crippen LogP) is 4.10. The number of ketones is 1. The molecule has 3 rings (SSSR count). The minimum absolute atomic E-state index is 0.0324. The molecule has 3 aromatic rings. The lowest BCUT2D eigenvalue weighted by Crippen LogP contribution is -2.22. The van der Waals surface area contributed by atoms with Gasteiger partial charge in [0.25, 0.3) is 0 Å². The molecule has 4 N–H and O–H groups in total. The number of hydrogen-bond donors (Lipinski definition) is 4. The first-order chi connectivity index (χ1) is 14.9. The van der Waals surface area contributed by atoms with Crippen molar-refractivity contribution in [2.45, 2.75) is 13.5 Å². The van der Waals surface area contributed by atoms with Gasteiger partial charge in [-0.2, -0.15) is 0 Å². The van der Waals surface area contributed by atoms with Gasteiger partial charge in [0.05, 0.1) is 30.6 Å².